The summed E-state index contributed by atoms with van der Waals surface area (Å²) >= 11 is 0. The van der Waals surface area contributed by atoms with Gasteiger partial charge in [0.1, 0.15) is 17.3 Å². The summed E-state index contributed by atoms with van der Waals surface area (Å²) in [6.45, 7) is 0. The third kappa shape index (κ3) is 4.25. The molecular weight excluding hydrogens is 342 g/mol. The highest BCUT2D eigenvalue weighted by atomic mass is 16.5. The molecule has 0 radical (unpaired) electrons. The first-order valence-corrected chi connectivity index (χ1v) is 8.79. The summed E-state index contributed by atoms with van der Waals surface area (Å²) in [6.07, 6.45) is 5.81. The zero-order valence-corrected chi connectivity index (χ0v) is 15.3. The van der Waals surface area contributed by atoms with E-state index in [0.717, 1.165) is 29.8 Å². The van der Waals surface area contributed by atoms with Crippen LogP contribution in [0, 0.1) is 0 Å². The van der Waals surface area contributed by atoms with Gasteiger partial charge in [-0.25, -0.2) is 4.98 Å². The Morgan fingerprint density at radius 3 is 2.26 bits per heavy atom. The van der Waals surface area contributed by atoms with E-state index in [1.54, 1.807) is 26.6 Å². The van der Waals surface area contributed by atoms with Crippen LogP contribution in [0.5, 0.6) is 11.5 Å². The van der Waals surface area contributed by atoms with Gasteiger partial charge in [0.15, 0.2) is 0 Å². The molecule has 2 aromatic heterocycles. The van der Waals surface area contributed by atoms with E-state index in [1.165, 1.54) is 0 Å². The summed E-state index contributed by atoms with van der Waals surface area (Å²) in [5, 5.41) is 6.70. The molecule has 0 atom stereocenters. The van der Waals surface area contributed by atoms with Gasteiger partial charge < -0.3 is 20.1 Å². The third-order valence-electron chi connectivity index (χ3n) is 4.24. The molecule has 138 valence electrons. The maximum Gasteiger partial charge on any atom is 0.225 e. The molecule has 7 heteroatoms. The second-order valence-electron chi connectivity index (χ2n) is 6.34. The number of pyridine rings is 1. The summed E-state index contributed by atoms with van der Waals surface area (Å²) in [5.41, 5.74) is 2.63. The van der Waals surface area contributed by atoms with Crippen molar-refractivity contribution in [2.75, 3.05) is 24.9 Å². The molecule has 4 rings (SSSR count). The normalized spacial score (nSPS) is 13.1. The van der Waals surface area contributed by atoms with Crippen molar-refractivity contribution >= 4 is 17.5 Å². The van der Waals surface area contributed by atoms with Gasteiger partial charge in [0.2, 0.25) is 5.95 Å². The van der Waals surface area contributed by atoms with Crippen molar-refractivity contribution in [1.82, 2.24) is 15.0 Å². The minimum Gasteiger partial charge on any atom is -0.497 e. The number of benzene rings is 1. The highest BCUT2D eigenvalue weighted by molar-refractivity contribution is 5.68. The Morgan fingerprint density at radius 1 is 0.926 bits per heavy atom. The van der Waals surface area contributed by atoms with Gasteiger partial charge in [-0.05, 0) is 25.0 Å². The van der Waals surface area contributed by atoms with Gasteiger partial charge in [-0.1, -0.05) is 0 Å². The van der Waals surface area contributed by atoms with Gasteiger partial charge in [0.25, 0.3) is 0 Å². The van der Waals surface area contributed by atoms with E-state index in [2.05, 4.69) is 25.6 Å². The van der Waals surface area contributed by atoms with Gasteiger partial charge in [-0.15, -0.1) is 0 Å². The lowest BCUT2D eigenvalue weighted by Crippen LogP contribution is -2.07. The molecular formula is C20H21N5O2. The third-order valence-corrected chi connectivity index (χ3v) is 4.24. The van der Waals surface area contributed by atoms with Crippen LogP contribution >= 0.6 is 0 Å². The van der Waals surface area contributed by atoms with Crippen molar-refractivity contribution in [3.63, 3.8) is 0 Å². The van der Waals surface area contributed by atoms with Crippen LogP contribution in [-0.4, -0.2) is 35.2 Å². The highest BCUT2D eigenvalue weighted by Crippen LogP contribution is 2.30. The van der Waals surface area contributed by atoms with Crippen molar-refractivity contribution in [3.05, 3.63) is 48.8 Å². The van der Waals surface area contributed by atoms with Crippen LogP contribution in [0.1, 0.15) is 12.8 Å². The van der Waals surface area contributed by atoms with Crippen molar-refractivity contribution in [3.8, 4) is 22.8 Å². The van der Waals surface area contributed by atoms with E-state index in [4.69, 9.17) is 9.47 Å². The van der Waals surface area contributed by atoms with E-state index in [-0.39, 0.29) is 0 Å². The number of nitrogens with zero attached hydrogens (tertiary/aromatic N) is 3. The lowest BCUT2D eigenvalue weighted by molar-refractivity contribution is 0.395. The number of hydrogen-bond acceptors (Lipinski definition) is 7. The van der Waals surface area contributed by atoms with Crippen molar-refractivity contribution < 1.29 is 9.47 Å². The fourth-order valence-corrected chi connectivity index (χ4v) is 2.68. The largest absolute Gasteiger partial charge is 0.497 e. The Balaban J connectivity index is 1.69. The van der Waals surface area contributed by atoms with Crippen LogP contribution in [-0.2, 0) is 0 Å². The van der Waals surface area contributed by atoms with E-state index < -0.39 is 0 Å². The Kier molecular flexibility index (Phi) is 4.74. The number of aromatic nitrogens is 3. The molecule has 0 amide bonds. The summed E-state index contributed by atoms with van der Waals surface area (Å²) in [4.78, 5) is 13.3. The standard InChI is InChI=1S/C20H21N5O2/c1-26-16-9-15(10-17(11-16)27-2)22-19-12-18(13-5-7-21-8-6-13)24-20(25-19)23-14-3-4-14/h5-12,14H,3-4H2,1-2H3,(H2,22,23,24,25). The summed E-state index contributed by atoms with van der Waals surface area (Å²) in [6, 6.07) is 11.9. The van der Waals surface area contributed by atoms with Gasteiger partial charge in [-0.2, -0.15) is 4.98 Å². The lowest BCUT2D eigenvalue weighted by atomic mass is 10.2. The van der Waals surface area contributed by atoms with Crippen LogP contribution in [0.3, 0.4) is 0 Å². The average molecular weight is 363 g/mol. The molecule has 7 nitrogen and oxygen atoms in total. The maximum absolute atomic E-state index is 5.34. The van der Waals surface area contributed by atoms with E-state index >= 15 is 0 Å². The Bertz CT molecular complexity index is 907. The number of hydrogen-bond donors (Lipinski definition) is 2. The summed E-state index contributed by atoms with van der Waals surface area (Å²) in [7, 11) is 3.25. The fourth-order valence-electron chi connectivity index (χ4n) is 2.68. The first-order chi connectivity index (χ1) is 13.2. The number of methoxy groups -OCH3 is 2. The van der Waals surface area contributed by atoms with Crippen LogP contribution in [0.2, 0.25) is 0 Å². The first kappa shape index (κ1) is 17.1. The molecule has 1 aromatic carbocycles. The summed E-state index contributed by atoms with van der Waals surface area (Å²) in [5.74, 6) is 2.72. The van der Waals surface area contributed by atoms with Crippen LogP contribution in [0.4, 0.5) is 17.5 Å². The quantitative estimate of drug-likeness (QED) is 0.659. The maximum atomic E-state index is 5.34. The number of anilines is 3. The fraction of sp³-hybridized carbons (Fsp3) is 0.250. The number of rotatable bonds is 7. The molecule has 1 fully saturated rings. The first-order valence-electron chi connectivity index (χ1n) is 8.79. The van der Waals surface area contributed by atoms with Crippen LogP contribution in [0.15, 0.2) is 48.8 Å². The van der Waals surface area contributed by atoms with Crippen LogP contribution < -0.4 is 20.1 Å². The molecule has 0 unspecified atom stereocenters. The Morgan fingerprint density at radius 2 is 1.63 bits per heavy atom. The number of nitrogens with one attached hydrogen (secondary N) is 2. The zero-order valence-electron chi connectivity index (χ0n) is 15.3. The van der Waals surface area contributed by atoms with Crippen molar-refractivity contribution in [2.45, 2.75) is 18.9 Å². The predicted molar refractivity (Wildman–Crippen MR) is 105 cm³/mol. The molecule has 0 spiro atoms. The topological polar surface area (TPSA) is 81.2 Å². The lowest BCUT2D eigenvalue weighted by Gasteiger charge is -2.13. The number of ether oxygens (including phenoxy) is 2. The highest BCUT2D eigenvalue weighted by Gasteiger charge is 2.22. The molecule has 1 aliphatic carbocycles. The van der Waals surface area contributed by atoms with Gasteiger partial charge >= 0.3 is 0 Å². The molecule has 1 aliphatic rings. The minimum absolute atomic E-state index is 0.461. The smallest absolute Gasteiger partial charge is 0.225 e. The predicted octanol–water partition coefficient (Wildman–Crippen LogP) is 3.87. The monoisotopic (exact) mass is 363 g/mol. The summed E-state index contributed by atoms with van der Waals surface area (Å²) < 4.78 is 10.7. The molecule has 2 N–H and O–H groups in total. The molecule has 0 saturated heterocycles. The Hall–Kier alpha value is -3.35. The van der Waals surface area contributed by atoms with Crippen molar-refractivity contribution in [1.29, 1.82) is 0 Å². The molecule has 1 saturated carbocycles. The second kappa shape index (κ2) is 7.49. The molecule has 0 bridgehead atoms. The van der Waals surface area contributed by atoms with E-state index in [9.17, 15) is 0 Å². The van der Waals surface area contributed by atoms with Crippen molar-refractivity contribution in [2.24, 2.45) is 0 Å². The molecule has 0 aliphatic heterocycles. The zero-order chi connectivity index (χ0) is 18.6. The van der Waals surface area contributed by atoms with Gasteiger partial charge in [-0.3, -0.25) is 4.98 Å². The van der Waals surface area contributed by atoms with Crippen LogP contribution in [0.25, 0.3) is 11.3 Å². The van der Waals surface area contributed by atoms with Gasteiger partial charge in [0.05, 0.1) is 19.9 Å². The molecule has 2 heterocycles. The van der Waals surface area contributed by atoms with Gasteiger partial charge in [0, 0.05) is 54.0 Å². The average Bonchev–Trinajstić information content (AvgIpc) is 3.52. The van der Waals surface area contributed by atoms with E-state index in [0.29, 0.717) is 29.3 Å². The Labute approximate surface area is 157 Å². The SMILES string of the molecule is COc1cc(Nc2cc(-c3ccncc3)nc(NC3CC3)n2)cc(OC)c1. The van der Waals surface area contributed by atoms with E-state index in [1.807, 2.05) is 36.4 Å². The molecule has 27 heavy (non-hydrogen) atoms. The second-order valence-corrected chi connectivity index (χ2v) is 6.34. The minimum atomic E-state index is 0.461. The molecule has 3 aromatic rings.